The van der Waals surface area contributed by atoms with Crippen LogP contribution >= 0.6 is 7.67 Å². The molecule has 3 rings (SSSR count). The number of nitrogens with zero attached hydrogens (tertiary/aromatic N) is 2. The molecule has 0 aliphatic carbocycles. The molecule has 0 spiro atoms. The van der Waals surface area contributed by atoms with E-state index in [1.165, 1.54) is 0 Å². The third-order valence-electron chi connectivity index (χ3n) is 5.07. The van der Waals surface area contributed by atoms with Gasteiger partial charge in [0.1, 0.15) is 17.6 Å². The van der Waals surface area contributed by atoms with Gasteiger partial charge < -0.3 is 14.4 Å². The zero-order valence-electron chi connectivity index (χ0n) is 18.5. The number of aliphatic hydroxyl groups excluding tert-OH is 1. The van der Waals surface area contributed by atoms with Crippen LogP contribution in [0.2, 0.25) is 0 Å². The first kappa shape index (κ1) is 23.0. The van der Waals surface area contributed by atoms with Crippen LogP contribution in [0.15, 0.2) is 72.8 Å². The average molecular weight is 440 g/mol. The highest BCUT2D eigenvalue weighted by Gasteiger charge is 2.32. The number of benzene rings is 3. The lowest BCUT2D eigenvalue weighted by atomic mass is 9.98. The Balaban J connectivity index is 1.99. The smallest absolute Gasteiger partial charge is 0.394 e. The van der Waals surface area contributed by atoms with Crippen LogP contribution in [0.25, 0.3) is 11.1 Å². The number of hydrogen-bond donors (Lipinski definition) is 1. The number of rotatable bonds is 8. The molecule has 3 aromatic rings. The van der Waals surface area contributed by atoms with Crippen molar-refractivity contribution in [2.45, 2.75) is 6.10 Å². The van der Waals surface area contributed by atoms with Crippen molar-refractivity contribution in [1.82, 2.24) is 9.34 Å². The second-order valence-corrected chi connectivity index (χ2v) is 10.3. The molecule has 6 nitrogen and oxygen atoms in total. The van der Waals surface area contributed by atoms with Crippen molar-refractivity contribution in [2.75, 3.05) is 35.3 Å². The molecule has 0 aliphatic rings. The van der Waals surface area contributed by atoms with Gasteiger partial charge in [-0.15, -0.1) is 0 Å². The zero-order valence-corrected chi connectivity index (χ0v) is 19.4. The highest BCUT2D eigenvalue weighted by atomic mass is 31.2. The quantitative estimate of drug-likeness (QED) is 0.495. The topological polar surface area (TPSA) is 62.2 Å². The van der Waals surface area contributed by atoms with Gasteiger partial charge in [-0.05, 0) is 63.1 Å². The number of ether oxygens (including phenoxy) is 1. The van der Waals surface area contributed by atoms with E-state index in [1.54, 1.807) is 56.8 Å². The first-order chi connectivity index (χ1) is 14.8. The Morgan fingerprint density at radius 1 is 0.839 bits per heavy atom. The van der Waals surface area contributed by atoms with Crippen molar-refractivity contribution in [3.05, 3.63) is 83.9 Å². The molecule has 1 unspecified atom stereocenters. The van der Waals surface area contributed by atoms with Gasteiger partial charge in [0.25, 0.3) is 0 Å². The van der Waals surface area contributed by atoms with Crippen molar-refractivity contribution in [3.8, 4) is 22.6 Å². The molecule has 7 heteroatoms. The van der Waals surface area contributed by atoms with Crippen molar-refractivity contribution < 1.29 is 18.9 Å². The van der Waals surface area contributed by atoms with E-state index in [0.29, 0.717) is 11.5 Å². The minimum Gasteiger partial charge on any atom is -0.497 e. The second kappa shape index (κ2) is 9.67. The van der Waals surface area contributed by atoms with Crippen LogP contribution in [0.5, 0.6) is 11.5 Å². The zero-order chi connectivity index (χ0) is 22.6. The molecule has 0 saturated carbocycles. The lowest BCUT2D eigenvalue weighted by Crippen LogP contribution is -2.24. The van der Waals surface area contributed by atoms with Gasteiger partial charge in [0.2, 0.25) is 0 Å². The van der Waals surface area contributed by atoms with E-state index in [2.05, 4.69) is 0 Å². The molecule has 0 aromatic heterocycles. The fourth-order valence-corrected chi connectivity index (χ4v) is 4.72. The van der Waals surface area contributed by atoms with Gasteiger partial charge in [-0.25, -0.2) is 13.9 Å². The van der Waals surface area contributed by atoms with Crippen molar-refractivity contribution in [2.24, 2.45) is 0 Å². The Kier molecular flexibility index (Phi) is 7.19. The number of hydrogen-bond acceptors (Lipinski definition) is 4. The summed E-state index contributed by atoms with van der Waals surface area (Å²) in [6.07, 6.45) is -0.709. The largest absolute Gasteiger partial charge is 0.497 e. The van der Waals surface area contributed by atoms with E-state index >= 15 is 0 Å². The van der Waals surface area contributed by atoms with Crippen LogP contribution < -0.4 is 9.26 Å². The summed E-state index contributed by atoms with van der Waals surface area (Å²) in [5.41, 5.74) is 3.23. The van der Waals surface area contributed by atoms with Gasteiger partial charge in [0.05, 0.1) is 7.11 Å². The lowest BCUT2D eigenvalue weighted by Gasteiger charge is -2.30. The fraction of sp³-hybridized carbons (Fsp3) is 0.250. The molecule has 0 bridgehead atoms. The van der Waals surface area contributed by atoms with Crippen LogP contribution in [0, 0.1) is 0 Å². The van der Waals surface area contributed by atoms with E-state index < -0.39 is 13.8 Å². The molecule has 31 heavy (non-hydrogen) atoms. The molecule has 0 saturated heterocycles. The Labute approximate surface area is 184 Å². The Bertz CT molecular complexity index is 1040. The summed E-state index contributed by atoms with van der Waals surface area (Å²) in [7, 11) is 5.27. The van der Waals surface area contributed by atoms with Gasteiger partial charge >= 0.3 is 7.67 Å². The number of aliphatic hydroxyl groups is 1. The average Bonchev–Trinajstić information content (AvgIpc) is 2.79. The SMILES string of the molecule is COc1ccc(OP(=O)(N(C)C)N(C)C)c(-c2ccc(C(O)c3ccccc3)cc2)c1. The minimum atomic E-state index is -3.24. The van der Waals surface area contributed by atoms with Gasteiger partial charge in [-0.3, -0.25) is 0 Å². The molecule has 0 heterocycles. The summed E-state index contributed by atoms with van der Waals surface area (Å²) in [5.74, 6) is 1.16. The standard InChI is InChI=1S/C24H29N2O4P/c1-25(2)31(28,26(3)4)30-23-16-15-21(29-5)17-22(23)18-11-13-20(14-12-18)24(27)19-9-7-6-8-10-19/h6-17,24,27H,1-5H3. The van der Waals surface area contributed by atoms with E-state index in [0.717, 1.165) is 22.3 Å². The highest BCUT2D eigenvalue weighted by Crippen LogP contribution is 2.52. The summed E-state index contributed by atoms with van der Waals surface area (Å²) in [6.45, 7) is 0. The van der Waals surface area contributed by atoms with E-state index in [4.69, 9.17) is 9.26 Å². The molecule has 1 N–H and O–H groups in total. The summed E-state index contributed by atoms with van der Waals surface area (Å²) < 4.78 is 28.0. The number of methoxy groups -OCH3 is 1. The van der Waals surface area contributed by atoms with Gasteiger partial charge in [-0.1, -0.05) is 54.6 Å². The Morgan fingerprint density at radius 2 is 1.42 bits per heavy atom. The molecular formula is C24H29N2O4P. The maximum Gasteiger partial charge on any atom is 0.394 e. The third kappa shape index (κ3) is 5.00. The fourth-order valence-electron chi connectivity index (χ4n) is 3.26. The Morgan fingerprint density at radius 3 is 1.97 bits per heavy atom. The second-order valence-electron chi connectivity index (χ2n) is 7.57. The summed E-state index contributed by atoms with van der Waals surface area (Å²) in [5, 5.41) is 10.7. The van der Waals surface area contributed by atoms with Crippen molar-refractivity contribution in [1.29, 1.82) is 0 Å². The van der Waals surface area contributed by atoms with E-state index in [9.17, 15) is 9.67 Å². The molecule has 164 valence electrons. The van der Waals surface area contributed by atoms with Crippen LogP contribution in [-0.4, -0.2) is 49.7 Å². The van der Waals surface area contributed by atoms with E-state index in [-0.39, 0.29) is 0 Å². The van der Waals surface area contributed by atoms with Gasteiger partial charge in [0.15, 0.2) is 0 Å². The predicted molar refractivity (Wildman–Crippen MR) is 125 cm³/mol. The van der Waals surface area contributed by atoms with Crippen LogP contribution in [0.3, 0.4) is 0 Å². The molecule has 3 aromatic carbocycles. The molecule has 0 amide bonds. The van der Waals surface area contributed by atoms with E-state index in [1.807, 2.05) is 60.7 Å². The normalized spacial score (nSPS) is 12.8. The third-order valence-corrected chi connectivity index (χ3v) is 7.52. The Hall–Kier alpha value is -2.63. The maximum atomic E-state index is 13.4. The summed E-state index contributed by atoms with van der Waals surface area (Å²) >= 11 is 0. The molecule has 0 aliphatic heterocycles. The lowest BCUT2D eigenvalue weighted by molar-refractivity contribution is 0.220. The molecule has 0 radical (unpaired) electrons. The van der Waals surface area contributed by atoms with Crippen molar-refractivity contribution >= 4 is 7.67 Å². The minimum absolute atomic E-state index is 0.489. The van der Waals surface area contributed by atoms with Crippen LogP contribution in [0.1, 0.15) is 17.2 Å². The van der Waals surface area contributed by atoms with Gasteiger partial charge in [-0.2, -0.15) is 0 Å². The molecule has 0 fully saturated rings. The first-order valence-electron chi connectivity index (χ1n) is 9.93. The monoisotopic (exact) mass is 440 g/mol. The van der Waals surface area contributed by atoms with Crippen LogP contribution in [-0.2, 0) is 4.57 Å². The maximum absolute atomic E-state index is 13.4. The van der Waals surface area contributed by atoms with Gasteiger partial charge in [0, 0.05) is 5.56 Å². The summed E-state index contributed by atoms with van der Waals surface area (Å²) in [4.78, 5) is 0. The van der Waals surface area contributed by atoms with Crippen LogP contribution in [0.4, 0.5) is 0 Å². The molecular weight excluding hydrogens is 411 g/mol. The predicted octanol–water partition coefficient (Wildman–Crippen LogP) is 5.05. The highest BCUT2D eigenvalue weighted by molar-refractivity contribution is 7.54. The summed E-state index contributed by atoms with van der Waals surface area (Å²) in [6, 6.07) is 22.5. The van der Waals surface area contributed by atoms with Crippen molar-refractivity contribution in [3.63, 3.8) is 0 Å². The first-order valence-corrected chi connectivity index (χ1v) is 11.5. The molecule has 1 atom stereocenters.